The minimum absolute atomic E-state index is 0.127. The summed E-state index contributed by atoms with van der Waals surface area (Å²) in [5.41, 5.74) is 0.376. The zero-order valence-corrected chi connectivity index (χ0v) is 11.6. The molecule has 6 heteroatoms. The molecule has 0 radical (unpaired) electrons. The predicted octanol–water partition coefficient (Wildman–Crippen LogP) is 1.30. The van der Waals surface area contributed by atoms with Crippen molar-refractivity contribution in [1.29, 1.82) is 0 Å². The van der Waals surface area contributed by atoms with Crippen LogP contribution in [0.15, 0.2) is 24.3 Å². The van der Waals surface area contributed by atoms with Crippen LogP contribution in [0.4, 0.5) is 0 Å². The van der Waals surface area contributed by atoms with E-state index in [0.29, 0.717) is 24.5 Å². The van der Waals surface area contributed by atoms with E-state index < -0.39 is 12.0 Å². The van der Waals surface area contributed by atoms with Crippen molar-refractivity contribution < 1.29 is 24.2 Å². The Kier molecular flexibility index (Phi) is 6.52. The zero-order chi connectivity index (χ0) is 15.0. The van der Waals surface area contributed by atoms with Crippen LogP contribution in [0.5, 0.6) is 5.75 Å². The standard InChI is InChI=1S/C14H19NO5/c1-10(9-13(16)17)15-14(18)11-5-3-4-6-12(11)20-8-7-19-2/h3-6,10H,7-9H2,1-2H3,(H,15,18)(H,16,17)/t10-/m0/s1. The average molecular weight is 281 g/mol. The maximum absolute atomic E-state index is 12.1. The largest absolute Gasteiger partial charge is 0.490 e. The Morgan fingerprint density at radius 3 is 2.65 bits per heavy atom. The number of hydrogen-bond acceptors (Lipinski definition) is 4. The SMILES string of the molecule is COCCOc1ccccc1C(=O)N[C@@H](C)CC(=O)O. The van der Waals surface area contributed by atoms with E-state index in [1.165, 1.54) is 0 Å². The van der Waals surface area contributed by atoms with Crippen LogP contribution in [0, 0.1) is 0 Å². The van der Waals surface area contributed by atoms with Gasteiger partial charge in [-0.25, -0.2) is 0 Å². The van der Waals surface area contributed by atoms with Crippen LogP contribution in [-0.4, -0.2) is 43.3 Å². The molecule has 0 aliphatic rings. The lowest BCUT2D eigenvalue weighted by atomic mass is 10.1. The quantitative estimate of drug-likeness (QED) is 0.702. The molecule has 1 atom stereocenters. The van der Waals surface area contributed by atoms with Gasteiger partial charge in [-0.05, 0) is 19.1 Å². The van der Waals surface area contributed by atoms with Gasteiger partial charge in [-0.1, -0.05) is 12.1 Å². The predicted molar refractivity (Wildman–Crippen MR) is 73.0 cm³/mol. The van der Waals surface area contributed by atoms with E-state index >= 15 is 0 Å². The number of nitrogens with one attached hydrogen (secondary N) is 1. The van der Waals surface area contributed by atoms with Crippen LogP contribution >= 0.6 is 0 Å². The number of ether oxygens (including phenoxy) is 2. The second-order valence-electron chi connectivity index (χ2n) is 4.31. The minimum Gasteiger partial charge on any atom is -0.490 e. The molecule has 0 aliphatic carbocycles. The average Bonchev–Trinajstić information content (AvgIpc) is 2.38. The first kappa shape index (κ1) is 16.0. The van der Waals surface area contributed by atoms with Crippen molar-refractivity contribution in [2.24, 2.45) is 0 Å². The molecule has 20 heavy (non-hydrogen) atoms. The van der Waals surface area contributed by atoms with Gasteiger partial charge in [-0.3, -0.25) is 9.59 Å². The van der Waals surface area contributed by atoms with Crippen LogP contribution in [0.25, 0.3) is 0 Å². The molecule has 1 aromatic rings. The van der Waals surface area contributed by atoms with Crippen LogP contribution in [0.3, 0.4) is 0 Å². The molecule has 1 rings (SSSR count). The number of amides is 1. The van der Waals surface area contributed by atoms with Gasteiger partial charge in [0.2, 0.25) is 0 Å². The van der Waals surface area contributed by atoms with E-state index in [9.17, 15) is 9.59 Å². The summed E-state index contributed by atoms with van der Waals surface area (Å²) in [5, 5.41) is 11.3. The van der Waals surface area contributed by atoms with Crippen molar-refractivity contribution in [3.63, 3.8) is 0 Å². The number of carbonyl (C=O) groups is 2. The second kappa shape index (κ2) is 8.16. The van der Waals surface area contributed by atoms with Gasteiger partial charge in [0.05, 0.1) is 18.6 Å². The molecule has 0 spiro atoms. The van der Waals surface area contributed by atoms with Crippen LogP contribution < -0.4 is 10.1 Å². The summed E-state index contributed by atoms with van der Waals surface area (Å²) in [7, 11) is 1.57. The molecule has 1 aromatic carbocycles. The third kappa shape index (κ3) is 5.27. The molecule has 0 bridgehead atoms. The van der Waals surface area contributed by atoms with E-state index in [0.717, 1.165) is 0 Å². The lowest BCUT2D eigenvalue weighted by Crippen LogP contribution is -2.34. The highest BCUT2D eigenvalue weighted by Crippen LogP contribution is 2.18. The zero-order valence-electron chi connectivity index (χ0n) is 11.6. The Labute approximate surface area is 117 Å². The normalized spacial score (nSPS) is 11.7. The molecule has 6 nitrogen and oxygen atoms in total. The highest BCUT2D eigenvalue weighted by atomic mass is 16.5. The lowest BCUT2D eigenvalue weighted by Gasteiger charge is -2.14. The Bertz CT molecular complexity index is 461. The molecule has 0 saturated heterocycles. The number of rotatable bonds is 8. The Balaban J connectivity index is 2.69. The smallest absolute Gasteiger partial charge is 0.305 e. The molecule has 110 valence electrons. The van der Waals surface area contributed by atoms with Gasteiger partial charge in [-0.15, -0.1) is 0 Å². The van der Waals surface area contributed by atoms with Crippen LogP contribution in [-0.2, 0) is 9.53 Å². The third-order valence-corrected chi connectivity index (χ3v) is 2.54. The van der Waals surface area contributed by atoms with E-state index in [1.807, 2.05) is 0 Å². The summed E-state index contributed by atoms with van der Waals surface area (Å²) >= 11 is 0. The first-order chi connectivity index (χ1) is 9.54. The van der Waals surface area contributed by atoms with Crippen molar-refractivity contribution in [2.75, 3.05) is 20.3 Å². The minimum atomic E-state index is -0.956. The summed E-state index contributed by atoms with van der Waals surface area (Å²) in [6.07, 6.45) is -0.127. The van der Waals surface area contributed by atoms with Gasteiger partial charge in [0.1, 0.15) is 12.4 Å². The summed E-state index contributed by atoms with van der Waals surface area (Å²) < 4.78 is 10.3. The van der Waals surface area contributed by atoms with E-state index in [2.05, 4.69) is 5.32 Å². The number of carboxylic acids is 1. The molecule has 0 heterocycles. The molecule has 0 unspecified atom stereocenters. The topological polar surface area (TPSA) is 84.9 Å². The van der Waals surface area contributed by atoms with Gasteiger partial charge in [-0.2, -0.15) is 0 Å². The summed E-state index contributed by atoms with van der Waals surface area (Å²) in [6, 6.07) is 6.35. The van der Waals surface area contributed by atoms with Gasteiger partial charge in [0.15, 0.2) is 0 Å². The highest BCUT2D eigenvalue weighted by molar-refractivity contribution is 5.97. The number of carbonyl (C=O) groups excluding carboxylic acids is 1. The fraction of sp³-hybridized carbons (Fsp3) is 0.429. The maximum atomic E-state index is 12.1. The number of para-hydroxylation sites is 1. The number of aliphatic carboxylic acids is 1. The van der Waals surface area contributed by atoms with E-state index in [4.69, 9.17) is 14.6 Å². The first-order valence-corrected chi connectivity index (χ1v) is 6.28. The summed E-state index contributed by atoms with van der Waals surface area (Å²) in [5.74, 6) is -0.862. The second-order valence-corrected chi connectivity index (χ2v) is 4.31. The van der Waals surface area contributed by atoms with Crippen LogP contribution in [0.1, 0.15) is 23.7 Å². The van der Waals surface area contributed by atoms with E-state index in [1.54, 1.807) is 38.3 Å². The third-order valence-electron chi connectivity index (χ3n) is 2.54. The Hall–Kier alpha value is -2.08. The number of hydrogen-bond donors (Lipinski definition) is 2. The fourth-order valence-electron chi connectivity index (χ4n) is 1.63. The van der Waals surface area contributed by atoms with Crippen molar-refractivity contribution in [3.8, 4) is 5.75 Å². The first-order valence-electron chi connectivity index (χ1n) is 6.28. The molecule has 0 saturated carbocycles. The number of benzene rings is 1. The number of methoxy groups -OCH3 is 1. The van der Waals surface area contributed by atoms with Gasteiger partial charge >= 0.3 is 5.97 Å². The van der Waals surface area contributed by atoms with Crippen LogP contribution in [0.2, 0.25) is 0 Å². The van der Waals surface area contributed by atoms with Crippen molar-refractivity contribution in [3.05, 3.63) is 29.8 Å². The fourth-order valence-corrected chi connectivity index (χ4v) is 1.63. The van der Waals surface area contributed by atoms with Crippen molar-refractivity contribution >= 4 is 11.9 Å². The lowest BCUT2D eigenvalue weighted by molar-refractivity contribution is -0.137. The van der Waals surface area contributed by atoms with Gasteiger partial charge < -0.3 is 19.9 Å². The van der Waals surface area contributed by atoms with E-state index in [-0.39, 0.29) is 12.3 Å². The molecule has 1 amide bonds. The summed E-state index contributed by atoms with van der Waals surface area (Å²) in [4.78, 5) is 22.7. The summed E-state index contributed by atoms with van der Waals surface area (Å²) in [6.45, 7) is 2.40. The number of carboxylic acid groups (broad SMARTS) is 1. The van der Waals surface area contributed by atoms with Gasteiger partial charge in [0, 0.05) is 13.2 Å². The highest BCUT2D eigenvalue weighted by Gasteiger charge is 2.16. The Morgan fingerprint density at radius 1 is 1.30 bits per heavy atom. The maximum Gasteiger partial charge on any atom is 0.305 e. The van der Waals surface area contributed by atoms with Gasteiger partial charge in [0.25, 0.3) is 5.91 Å². The molecule has 0 aromatic heterocycles. The molecular weight excluding hydrogens is 262 g/mol. The molecular formula is C14H19NO5. The molecule has 0 fully saturated rings. The Morgan fingerprint density at radius 2 is 2.00 bits per heavy atom. The molecule has 2 N–H and O–H groups in total. The van der Waals surface area contributed by atoms with Crippen molar-refractivity contribution in [2.45, 2.75) is 19.4 Å². The monoisotopic (exact) mass is 281 g/mol. The van der Waals surface area contributed by atoms with Crippen molar-refractivity contribution in [1.82, 2.24) is 5.32 Å². The molecule has 0 aliphatic heterocycles.